The van der Waals surface area contributed by atoms with E-state index in [9.17, 15) is 9.59 Å². The molecule has 0 aromatic heterocycles. The zero-order valence-corrected chi connectivity index (χ0v) is 19.3. The second kappa shape index (κ2) is 9.65. The number of anilines is 2. The van der Waals surface area contributed by atoms with Crippen LogP contribution in [0.1, 0.15) is 36.1 Å². The molecule has 172 valence electrons. The van der Waals surface area contributed by atoms with Gasteiger partial charge >= 0.3 is 6.03 Å². The number of amides is 3. The third-order valence-corrected chi connectivity index (χ3v) is 6.72. The number of nitrogens with one attached hydrogen (secondary N) is 2. The van der Waals surface area contributed by atoms with Crippen molar-refractivity contribution in [2.45, 2.75) is 38.0 Å². The Kier molecular flexibility index (Phi) is 6.68. The maximum absolute atomic E-state index is 13.2. The lowest BCUT2D eigenvalue weighted by molar-refractivity contribution is -0.119. The zero-order valence-electron chi connectivity index (χ0n) is 19.3. The third-order valence-electron chi connectivity index (χ3n) is 6.72. The van der Waals surface area contributed by atoms with Crippen LogP contribution in [0.5, 0.6) is 0 Å². The smallest absolute Gasteiger partial charge is 0.322 e. The molecular weight excluding hydrogens is 416 g/mol. The maximum atomic E-state index is 13.2. The van der Waals surface area contributed by atoms with Gasteiger partial charge in [0, 0.05) is 49.6 Å². The maximum Gasteiger partial charge on any atom is 0.322 e. The number of benzene rings is 2. The standard InChI is InChI=1S/C26H30N4O3/c1-5-18-6-9-20(10-7-18)28-26(32)30-16-22(33-4)15-24(30)25(31)27-21-11-8-19-12-13-29(3)17(2)23(19)14-21/h1,6-11,14,17,22,24H,12-13,15-16H2,2-4H3,(H,27,31)(H,28,32)/t17?,22-,24-/m1/s1. The number of nitrogens with zero attached hydrogens (tertiary/aromatic N) is 2. The van der Waals surface area contributed by atoms with Crippen LogP contribution >= 0.6 is 0 Å². The lowest BCUT2D eigenvalue weighted by Crippen LogP contribution is -2.45. The van der Waals surface area contributed by atoms with Crippen molar-refractivity contribution < 1.29 is 14.3 Å². The molecule has 2 aliphatic heterocycles. The first-order chi connectivity index (χ1) is 15.9. The van der Waals surface area contributed by atoms with Gasteiger partial charge in [0.25, 0.3) is 0 Å². The third kappa shape index (κ3) is 4.87. The number of methoxy groups -OCH3 is 1. The van der Waals surface area contributed by atoms with Gasteiger partial charge in [-0.3, -0.25) is 9.69 Å². The molecule has 0 radical (unpaired) electrons. The number of likely N-dealkylation sites (N-methyl/N-ethyl adjacent to an activating group) is 1. The van der Waals surface area contributed by atoms with Crippen LogP contribution in [0.4, 0.5) is 16.2 Å². The van der Waals surface area contributed by atoms with E-state index in [1.54, 1.807) is 31.4 Å². The Hall–Kier alpha value is -3.34. The summed E-state index contributed by atoms with van der Waals surface area (Å²) in [6.45, 7) is 3.54. The summed E-state index contributed by atoms with van der Waals surface area (Å²) in [7, 11) is 3.71. The highest BCUT2D eigenvalue weighted by Gasteiger charge is 2.40. The molecule has 0 aliphatic carbocycles. The van der Waals surface area contributed by atoms with E-state index < -0.39 is 6.04 Å². The Labute approximate surface area is 195 Å². The first-order valence-corrected chi connectivity index (χ1v) is 11.2. The van der Waals surface area contributed by atoms with Gasteiger partial charge < -0.3 is 20.3 Å². The molecular formula is C26H30N4O3. The fourth-order valence-corrected chi connectivity index (χ4v) is 4.53. The highest BCUT2D eigenvalue weighted by Crippen LogP contribution is 2.31. The number of rotatable bonds is 4. The van der Waals surface area contributed by atoms with Gasteiger partial charge in [0.1, 0.15) is 6.04 Å². The van der Waals surface area contributed by atoms with Crippen LogP contribution in [-0.4, -0.2) is 61.1 Å². The van der Waals surface area contributed by atoms with Crippen LogP contribution < -0.4 is 10.6 Å². The summed E-state index contributed by atoms with van der Waals surface area (Å²) >= 11 is 0. The topological polar surface area (TPSA) is 73.9 Å². The molecule has 7 heteroatoms. The molecule has 0 bridgehead atoms. The van der Waals surface area contributed by atoms with Crippen LogP contribution in [0.25, 0.3) is 0 Å². The predicted octanol–water partition coefficient (Wildman–Crippen LogP) is 3.48. The normalized spacial score (nSPS) is 22.4. The number of terminal acetylenes is 1. The van der Waals surface area contributed by atoms with Gasteiger partial charge in [-0.2, -0.15) is 0 Å². The Balaban J connectivity index is 1.48. The quantitative estimate of drug-likeness (QED) is 0.706. The summed E-state index contributed by atoms with van der Waals surface area (Å²) in [5, 5.41) is 5.88. The Morgan fingerprint density at radius 1 is 1.12 bits per heavy atom. The van der Waals surface area contributed by atoms with Gasteiger partial charge in [-0.05, 0) is 67.9 Å². The number of likely N-dealkylation sites (tertiary alicyclic amines) is 1. The molecule has 3 atom stereocenters. The van der Waals surface area contributed by atoms with Gasteiger partial charge in [-0.25, -0.2) is 4.79 Å². The second-order valence-electron chi connectivity index (χ2n) is 8.72. The van der Waals surface area contributed by atoms with Crippen molar-refractivity contribution in [1.29, 1.82) is 0 Å². The monoisotopic (exact) mass is 446 g/mol. The molecule has 1 unspecified atom stereocenters. The first-order valence-electron chi connectivity index (χ1n) is 11.2. The summed E-state index contributed by atoms with van der Waals surface area (Å²) < 4.78 is 5.47. The highest BCUT2D eigenvalue weighted by molar-refractivity contribution is 5.99. The second-order valence-corrected chi connectivity index (χ2v) is 8.72. The van der Waals surface area contributed by atoms with E-state index in [0.717, 1.165) is 24.2 Å². The fourth-order valence-electron chi connectivity index (χ4n) is 4.53. The molecule has 4 rings (SSSR count). The van der Waals surface area contributed by atoms with Crippen LogP contribution in [0.15, 0.2) is 42.5 Å². The summed E-state index contributed by atoms with van der Waals surface area (Å²) in [5.41, 5.74) is 4.64. The van der Waals surface area contributed by atoms with E-state index in [2.05, 4.69) is 41.5 Å². The number of fused-ring (bicyclic) bond motifs is 1. The SMILES string of the molecule is C#Cc1ccc(NC(=O)N2C[C@H](OC)C[C@@H]2C(=O)Nc2ccc3c(c2)C(C)N(C)CC3)cc1. The Bertz CT molecular complexity index is 1080. The Morgan fingerprint density at radius 2 is 1.85 bits per heavy atom. The fraction of sp³-hybridized carbons (Fsp3) is 0.385. The number of carbonyl (C=O) groups is 2. The van der Waals surface area contributed by atoms with Crippen molar-refractivity contribution in [2.75, 3.05) is 37.9 Å². The average molecular weight is 447 g/mol. The molecule has 1 saturated heterocycles. The summed E-state index contributed by atoms with van der Waals surface area (Å²) in [4.78, 5) is 30.1. The highest BCUT2D eigenvalue weighted by atomic mass is 16.5. The van der Waals surface area contributed by atoms with Crippen molar-refractivity contribution in [3.05, 3.63) is 59.2 Å². The molecule has 7 nitrogen and oxygen atoms in total. The van der Waals surface area contributed by atoms with E-state index in [-0.39, 0.29) is 24.1 Å². The number of carbonyl (C=O) groups excluding carboxylic acids is 2. The van der Waals surface area contributed by atoms with E-state index in [0.29, 0.717) is 18.7 Å². The molecule has 2 aromatic rings. The van der Waals surface area contributed by atoms with Gasteiger partial charge in [0.15, 0.2) is 0 Å². The summed E-state index contributed by atoms with van der Waals surface area (Å²) in [5.74, 6) is 2.33. The predicted molar refractivity (Wildman–Crippen MR) is 129 cm³/mol. The minimum Gasteiger partial charge on any atom is -0.380 e. The van der Waals surface area contributed by atoms with Crippen molar-refractivity contribution in [2.24, 2.45) is 0 Å². The Morgan fingerprint density at radius 3 is 2.55 bits per heavy atom. The zero-order chi connectivity index (χ0) is 23.5. The van der Waals surface area contributed by atoms with Gasteiger partial charge in [0.2, 0.25) is 5.91 Å². The first kappa shape index (κ1) is 22.8. The van der Waals surface area contributed by atoms with E-state index in [1.165, 1.54) is 16.0 Å². The van der Waals surface area contributed by atoms with Crippen molar-refractivity contribution in [3.63, 3.8) is 0 Å². The summed E-state index contributed by atoms with van der Waals surface area (Å²) in [6, 6.07) is 12.4. The number of urea groups is 1. The van der Waals surface area contributed by atoms with Crippen LogP contribution in [0.2, 0.25) is 0 Å². The van der Waals surface area contributed by atoms with Crippen molar-refractivity contribution in [1.82, 2.24) is 9.80 Å². The van der Waals surface area contributed by atoms with Crippen molar-refractivity contribution in [3.8, 4) is 12.3 Å². The largest absolute Gasteiger partial charge is 0.380 e. The minimum atomic E-state index is -0.629. The van der Waals surface area contributed by atoms with Crippen LogP contribution in [0, 0.1) is 12.3 Å². The van der Waals surface area contributed by atoms with Gasteiger partial charge in [-0.15, -0.1) is 6.42 Å². The van der Waals surface area contributed by atoms with Crippen LogP contribution in [0.3, 0.4) is 0 Å². The van der Waals surface area contributed by atoms with Crippen molar-refractivity contribution >= 4 is 23.3 Å². The lowest BCUT2D eigenvalue weighted by atomic mass is 9.93. The average Bonchev–Trinajstić information content (AvgIpc) is 3.27. The van der Waals surface area contributed by atoms with Gasteiger partial charge in [-0.1, -0.05) is 12.0 Å². The lowest BCUT2D eigenvalue weighted by Gasteiger charge is -2.32. The molecule has 33 heavy (non-hydrogen) atoms. The van der Waals surface area contributed by atoms with E-state index >= 15 is 0 Å². The molecule has 3 amide bonds. The molecule has 2 aromatic carbocycles. The molecule has 0 saturated carbocycles. The van der Waals surface area contributed by atoms with Crippen LogP contribution in [-0.2, 0) is 16.0 Å². The van der Waals surface area contributed by atoms with Gasteiger partial charge in [0.05, 0.1) is 6.10 Å². The minimum absolute atomic E-state index is 0.201. The molecule has 2 heterocycles. The number of hydrogen-bond donors (Lipinski definition) is 2. The number of hydrogen-bond acceptors (Lipinski definition) is 4. The molecule has 2 N–H and O–H groups in total. The van der Waals surface area contributed by atoms with E-state index in [1.807, 2.05) is 12.1 Å². The molecule has 1 fully saturated rings. The summed E-state index contributed by atoms with van der Waals surface area (Å²) in [6.07, 6.45) is 6.63. The number of ether oxygens (including phenoxy) is 1. The molecule has 2 aliphatic rings. The van der Waals surface area contributed by atoms with E-state index in [4.69, 9.17) is 11.2 Å². The molecule has 0 spiro atoms.